The zero-order valence-electron chi connectivity index (χ0n) is 28.0. The van der Waals surface area contributed by atoms with Crippen LogP contribution in [0.5, 0.6) is 11.5 Å². The number of aromatic nitrogens is 2. The Bertz CT molecular complexity index is 2570. The van der Waals surface area contributed by atoms with Crippen molar-refractivity contribution in [2.75, 3.05) is 16.5 Å². The van der Waals surface area contributed by atoms with Gasteiger partial charge < -0.3 is 19.0 Å². The Labute approximate surface area is 285 Å². The van der Waals surface area contributed by atoms with Gasteiger partial charge in [-0.25, -0.2) is 4.98 Å². The normalized spacial score (nSPS) is 13.5. The summed E-state index contributed by atoms with van der Waals surface area (Å²) in [6.45, 7) is 9.54. The molecule has 8 aromatic rings. The molecule has 0 unspecified atom stereocenters. The van der Waals surface area contributed by atoms with Crippen molar-refractivity contribution >= 4 is 55.1 Å². The summed E-state index contributed by atoms with van der Waals surface area (Å²) in [5.74, 6) is 2.36. The maximum absolute atomic E-state index is 6.73. The first-order valence-electron chi connectivity index (χ1n) is 16.7. The van der Waals surface area contributed by atoms with E-state index in [0.29, 0.717) is 0 Å². The second kappa shape index (κ2) is 11.0. The van der Waals surface area contributed by atoms with Crippen LogP contribution in [0.25, 0.3) is 49.6 Å². The van der Waals surface area contributed by atoms with Gasteiger partial charge in [0.1, 0.15) is 28.5 Å². The third-order valence-corrected chi connectivity index (χ3v) is 9.51. The molecule has 6 nitrogen and oxygen atoms in total. The number of fused-ring (bicyclic) bond motifs is 6. The number of anilines is 2. The molecule has 3 aromatic heterocycles. The second-order valence-electron chi connectivity index (χ2n) is 14.0. The Kier molecular flexibility index (Phi) is 6.56. The summed E-state index contributed by atoms with van der Waals surface area (Å²) in [7, 11) is 0. The molecule has 6 heteroatoms. The number of para-hydroxylation sites is 2. The Morgan fingerprint density at radius 1 is 0.633 bits per heavy atom. The van der Waals surface area contributed by atoms with Crippen LogP contribution >= 0.6 is 0 Å². The van der Waals surface area contributed by atoms with Gasteiger partial charge in [0.25, 0.3) is 0 Å². The Hall–Kier alpha value is -6.01. The van der Waals surface area contributed by atoms with Crippen molar-refractivity contribution in [3.8, 4) is 17.3 Å². The van der Waals surface area contributed by atoms with E-state index in [1.165, 1.54) is 11.1 Å². The third kappa shape index (κ3) is 5.08. The molecule has 0 radical (unpaired) electrons. The van der Waals surface area contributed by atoms with E-state index >= 15 is 0 Å². The molecular weight excluding hydrogens is 604 g/mol. The van der Waals surface area contributed by atoms with E-state index in [9.17, 15) is 0 Å². The molecular formula is C43H36N4O2. The van der Waals surface area contributed by atoms with Crippen molar-refractivity contribution in [3.05, 3.63) is 145 Å². The highest BCUT2D eigenvalue weighted by Gasteiger charge is 2.22. The number of pyridine rings is 1. The molecule has 0 saturated heterocycles. The molecule has 0 saturated carbocycles. The van der Waals surface area contributed by atoms with Gasteiger partial charge in [0.2, 0.25) is 0 Å². The van der Waals surface area contributed by atoms with Crippen LogP contribution < -0.4 is 14.5 Å². The number of ether oxygens (including phenoxy) is 1. The van der Waals surface area contributed by atoms with Gasteiger partial charge in [-0.1, -0.05) is 68.8 Å². The molecule has 1 aliphatic heterocycles. The highest BCUT2D eigenvalue weighted by molar-refractivity contribution is 6.10. The summed E-state index contributed by atoms with van der Waals surface area (Å²) in [5.41, 5.74) is 8.37. The zero-order valence-corrected chi connectivity index (χ0v) is 28.0. The first-order chi connectivity index (χ1) is 23.8. The molecule has 0 aliphatic carbocycles. The molecule has 1 aliphatic rings. The van der Waals surface area contributed by atoms with Crippen molar-refractivity contribution < 1.29 is 9.15 Å². The van der Waals surface area contributed by atoms with Gasteiger partial charge >= 0.3 is 0 Å². The maximum Gasteiger partial charge on any atom is 0.141 e. The van der Waals surface area contributed by atoms with E-state index in [2.05, 4.69) is 152 Å². The first-order valence-corrected chi connectivity index (χ1v) is 16.7. The predicted molar refractivity (Wildman–Crippen MR) is 201 cm³/mol. The number of nitrogens with zero attached hydrogens (tertiary/aromatic N) is 4. The van der Waals surface area contributed by atoms with E-state index in [1.54, 1.807) is 0 Å². The maximum atomic E-state index is 6.73. The molecule has 0 atom stereocenters. The molecule has 240 valence electrons. The van der Waals surface area contributed by atoms with Crippen LogP contribution in [-0.4, -0.2) is 16.2 Å². The van der Waals surface area contributed by atoms with Gasteiger partial charge in [-0.15, -0.1) is 0 Å². The van der Waals surface area contributed by atoms with Gasteiger partial charge in [-0.05, 0) is 72.5 Å². The van der Waals surface area contributed by atoms with E-state index in [0.717, 1.165) is 79.1 Å². The van der Waals surface area contributed by atoms with Gasteiger partial charge in [-0.3, -0.25) is 4.57 Å². The van der Waals surface area contributed by atoms with Gasteiger partial charge in [0.15, 0.2) is 0 Å². The van der Waals surface area contributed by atoms with Crippen molar-refractivity contribution in [2.24, 2.45) is 0 Å². The average molecular weight is 641 g/mol. The topological polar surface area (TPSA) is 46.7 Å². The summed E-state index contributed by atoms with van der Waals surface area (Å²) in [6, 6.07) is 40.1. The fraction of sp³-hybridized carbons (Fsp3) is 0.140. The fourth-order valence-electron chi connectivity index (χ4n) is 6.91. The van der Waals surface area contributed by atoms with Crippen LogP contribution in [-0.2, 0) is 5.41 Å². The number of furan rings is 1. The molecule has 0 N–H and O–H groups in total. The molecule has 5 aromatic carbocycles. The van der Waals surface area contributed by atoms with Gasteiger partial charge in [0.05, 0.1) is 17.7 Å². The number of hydrogen-bond donors (Lipinski definition) is 0. The highest BCUT2D eigenvalue weighted by Crippen LogP contribution is 2.39. The minimum atomic E-state index is -0.0628. The number of rotatable bonds is 5. The summed E-state index contributed by atoms with van der Waals surface area (Å²) in [6.07, 6.45) is 6.20. The van der Waals surface area contributed by atoms with E-state index in [4.69, 9.17) is 14.1 Å². The number of hydrogen-bond acceptors (Lipinski definition) is 5. The summed E-state index contributed by atoms with van der Waals surface area (Å²) in [4.78, 5) is 9.49. The van der Waals surface area contributed by atoms with Crippen LogP contribution in [0.2, 0.25) is 0 Å². The van der Waals surface area contributed by atoms with E-state index in [-0.39, 0.29) is 5.41 Å². The Morgan fingerprint density at radius 3 is 2.24 bits per heavy atom. The Balaban J connectivity index is 1.12. The van der Waals surface area contributed by atoms with Gasteiger partial charge in [0, 0.05) is 69.7 Å². The standard InChI is InChI=1S/C43H36N4O2/c1-28-14-17-40-36(20-28)37-26-44-42(25-41(37)49-40)47-38-13-9-8-12-34(38)35-16-15-32(24-39(35)47)48-33-22-29(43(2,3)4)21-31(23-33)46-19-18-45(27-46)30-10-6-5-7-11-30/h5-26H,27H2,1-4H3. The molecule has 49 heavy (non-hydrogen) atoms. The first kappa shape index (κ1) is 29.2. The zero-order chi connectivity index (χ0) is 33.3. The average Bonchev–Trinajstić information content (AvgIpc) is 3.82. The largest absolute Gasteiger partial charge is 0.457 e. The van der Waals surface area contributed by atoms with E-state index in [1.807, 2.05) is 24.4 Å². The number of benzene rings is 5. The van der Waals surface area contributed by atoms with Crippen LogP contribution in [0.4, 0.5) is 11.4 Å². The predicted octanol–water partition coefficient (Wildman–Crippen LogP) is 11.2. The van der Waals surface area contributed by atoms with Gasteiger partial charge in [-0.2, -0.15) is 0 Å². The number of aryl methyl sites for hydroxylation is 1. The lowest BCUT2D eigenvalue weighted by molar-refractivity contribution is 0.479. The molecule has 0 spiro atoms. The van der Waals surface area contributed by atoms with Crippen molar-refractivity contribution in [1.82, 2.24) is 9.55 Å². The molecule has 0 bridgehead atoms. The van der Waals surface area contributed by atoms with Crippen LogP contribution in [0.3, 0.4) is 0 Å². The lowest BCUT2D eigenvalue weighted by Gasteiger charge is -2.25. The minimum absolute atomic E-state index is 0.0628. The summed E-state index contributed by atoms with van der Waals surface area (Å²) >= 11 is 0. The fourth-order valence-corrected chi connectivity index (χ4v) is 6.91. The molecule has 9 rings (SSSR count). The minimum Gasteiger partial charge on any atom is -0.457 e. The van der Waals surface area contributed by atoms with Crippen molar-refractivity contribution in [1.29, 1.82) is 0 Å². The Morgan fingerprint density at radius 2 is 1.41 bits per heavy atom. The smallest absolute Gasteiger partial charge is 0.141 e. The summed E-state index contributed by atoms with van der Waals surface area (Å²) in [5, 5.41) is 4.40. The lowest BCUT2D eigenvalue weighted by Crippen LogP contribution is -2.25. The quantitative estimate of drug-likeness (QED) is 0.187. The SMILES string of the molecule is Cc1ccc2oc3cc(-n4c5ccccc5c5ccc(Oc6cc(N7C=CN(c8ccccc8)C7)cc(C(C)(C)C)c6)cc54)ncc3c2c1. The molecule has 0 fully saturated rings. The van der Waals surface area contributed by atoms with Crippen LogP contribution in [0, 0.1) is 6.92 Å². The molecule has 0 amide bonds. The monoisotopic (exact) mass is 640 g/mol. The van der Waals surface area contributed by atoms with Crippen LogP contribution in [0.15, 0.2) is 138 Å². The van der Waals surface area contributed by atoms with Crippen molar-refractivity contribution in [2.45, 2.75) is 33.1 Å². The third-order valence-electron chi connectivity index (χ3n) is 9.51. The van der Waals surface area contributed by atoms with Crippen LogP contribution in [0.1, 0.15) is 31.9 Å². The second-order valence-corrected chi connectivity index (χ2v) is 14.0. The van der Waals surface area contributed by atoms with Crippen molar-refractivity contribution in [3.63, 3.8) is 0 Å². The van der Waals surface area contributed by atoms with E-state index < -0.39 is 0 Å². The lowest BCUT2D eigenvalue weighted by atomic mass is 9.86. The highest BCUT2D eigenvalue weighted by atomic mass is 16.5. The summed E-state index contributed by atoms with van der Waals surface area (Å²) < 4.78 is 15.2. The molecule has 4 heterocycles.